The number of H-pyrrole nitrogens is 2. The second-order valence-corrected chi connectivity index (χ2v) is 38.8. The third-order valence-electron chi connectivity index (χ3n) is 27.9. The lowest BCUT2D eigenvalue weighted by molar-refractivity contribution is -0.248. The first-order valence-electron chi connectivity index (χ1n) is 54.5. The molecular formula is C118H166N8O16. The van der Waals surface area contributed by atoms with Crippen LogP contribution in [0.15, 0.2) is 224 Å². The lowest BCUT2D eigenvalue weighted by Crippen LogP contribution is -2.31. The van der Waals surface area contributed by atoms with E-state index in [1.165, 1.54) is 41.8 Å². The average Bonchev–Trinajstić information content (AvgIpc) is 1.62. The quantitative estimate of drug-likeness (QED) is 0.0102. The minimum absolute atomic E-state index is 0.0206. The molecule has 0 fully saturated rings. The molecule has 8 aliphatic rings. The Kier molecular flexibility index (Phi) is 51.0. The van der Waals surface area contributed by atoms with E-state index in [1.807, 2.05) is 6.08 Å². The van der Waals surface area contributed by atoms with Crippen LogP contribution in [-0.2, 0) is 77.2 Å². The number of carbonyl (C=O) groups is 4. The Morgan fingerprint density at radius 3 is 1.11 bits per heavy atom. The molecule has 6 unspecified atom stereocenters. The van der Waals surface area contributed by atoms with E-state index in [-0.39, 0.29) is 87.2 Å². The number of esters is 4. The monoisotopic (exact) mass is 1950 g/mol. The maximum absolute atomic E-state index is 14.7. The molecule has 11 rings (SSSR count). The minimum atomic E-state index is -0.578. The van der Waals surface area contributed by atoms with E-state index >= 15 is 0 Å². The first kappa shape index (κ1) is 112. The van der Waals surface area contributed by atoms with E-state index < -0.39 is 18.0 Å². The normalized spacial score (nSPS) is 19.0. The summed E-state index contributed by atoms with van der Waals surface area (Å²) in [7, 11) is 0. The molecule has 8 aliphatic heterocycles. The molecule has 0 saturated carbocycles. The summed E-state index contributed by atoms with van der Waals surface area (Å²) in [6.45, 7) is 26.5. The predicted octanol–water partition coefficient (Wildman–Crippen LogP) is 28.0. The van der Waals surface area contributed by atoms with Crippen molar-refractivity contribution in [3.05, 3.63) is 238 Å². The van der Waals surface area contributed by atoms with Gasteiger partial charge in [-0.1, -0.05) is 270 Å². The Hall–Kier alpha value is -10.7. The number of benzene rings is 1. The van der Waals surface area contributed by atoms with Crippen LogP contribution in [0, 0.1) is 0 Å². The Labute approximate surface area is 847 Å². The molecule has 10 heterocycles. The lowest BCUT2D eigenvalue weighted by Gasteiger charge is -2.27. The van der Waals surface area contributed by atoms with Gasteiger partial charge >= 0.3 is 23.9 Å². The number of unbranched alkanes of at least 4 members (excludes halogenated alkanes) is 32. The van der Waals surface area contributed by atoms with Gasteiger partial charge in [-0.3, -0.25) is 39.1 Å². The van der Waals surface area contributed by atoms with E-state index in [4.69, 9.17) is 78.0 Å². The van der Waals surface area contributed by atoms with Crippen LogP contribution in [0.1, 0.15) is 394 Å². The molecule has 3 aromatic rings. The van der Waals surface area contributed by atoms with Crippen LogP contribution in [-0.4, -0.2) is 134 Å². The molecule has 1 aromatic carbocycles. The number of hydrogen-bond acceptors (Lipinski definition) is 22. The number of fused-ring (bicyclic) bond motifs is 12. The molecule has 0 saturated heterocycles. The van der Waals surface area contributed by atoms with Gasteiger partial charge in [-0.15, -0.1) is 0 Å². The van der Waals surface area contributed by atoms with Crippen molar-refractivity contribution in [3.8, 4) is 0 Å². The van der Waals surface area contributed by atoms with Crippen molar-refractivity contribution in [2.75, 3.05) is 52.9 Å². The molecule has 0 radical (unpaired) electrons. The van der Waals surface area contributed by atoms with E-state index in [0.29, 0.717) is 75.0 Å². The van der Waals surface area contributed by atoms with Crippen molar-refractivity contribution < 1.29 is 77.2 Å². The highest BCUT2D eigenvalue weighted by molar-refractivity contribution is 6.15. The fraction of sp³-hybridized carbons (Fsp3) is 0.576. The first-order chi connectivity index (χ1) is 69.8. The zero-order chi connectivity index (χ0) is 99.8. The van der Waals surface area contributed by atoms with Gasteiger partial charge in [0.15, 0.2) is 0 Å². The maximum Gasteiger partial charge on any atom is 0.310 e. The van der Waals surface area contributed by atoms with Crippen LogP contribution in [0.4, 0.5) is 0 Å². The van der Waals surface area contributed by atoms with Gasteiger partial charge in [0.1, 0.15) is 25.0 Å². The standard InChI is InChI=1S/C118H166N8O16/c1-9-17-21-33-45-68-131-113(127)81-97-96(59-44-32-28-40-52-75-142-138-16-8)110-85-109-94(57-42-30-26-38-50-73-140-136-14-6)93(56-41-29-25-37-49-72-139-135-13-5)105(123-109)77-89-60-64-101(119-89)117(103-66-62-91(121-103)79-107(97)125-110)87-54-53-55-88(76-87)118-102-65-61-90(120-102)78-106-95(58-43-31-27-39-51-74-141-137-15-7)98(82-114(128)132-69-46-34-22-18-10-2)111(124-106)86-112-100(84-116(130)134-71-48-36-24-20-12-4)99(83-115(129)133-70-47-35-23-19-11-3)108(126-112)80-92-63-67-104(118)122-92/h13-16,53-55,60-67,76-80,102-103,110-111,117-122H,5-12,17-52,56-59,68-75,81-86H2,1-4H3/b90-78-,91-79-,105-77?,108-80?. The number of rotatable bonds is 74. The Morgan fingerprint density at radius 1 is 0.345 bits per heavy atom. The summed E-state index contributed by atoms with van der Waals surface area (Å²) in [5, 5.41) is 8.12. The molecule has 774 valence electrons. The summed E-state index contributed by atoms with van der Waals surface area (Å²) in [5.41, 5.74) is 20.0. The van der Waals surface area contributed by atoms with Gasteiger partial charge < -0.3 is 59.1 Å². The first-order valence-corrected chi connectivity index (χ1v) is 54.5. The summed E-state index contributed by atoms with van der Waals surface area (Å²) in [5.74, 6) is -2.00. The summed E-state index contributed by atoms with van der Waals surface area (Å²) < 4.78 is 24.7. The molecule has 16 bridgehead atoms. The maximum atomic E-state index is 14.7. The Balaban J connectivity index is 1.03. The van der Waals surface area contributed by atoms with E-state index in [9.17, 15) is 19.2 Å². The number of aromatic nitrogens is 2. The fourth-order valence-corrected chi connectivity index (χ4v) is 20.5. The highest BCUT2D eigenvalue weighted by Crippen LogP contribution is 2.45. The fourth-order valence-electron chi connectivity index (χ4n) is 20.5. The molecule has 6 atom stereocenters. The topological polar surface area (TPSA) is 284 Å². The second-order valence-electron chi connectivity index (χ2n) is 38.8. The number of aliphatic imine (C=N–C) groups is 4. The molecule has 24 nitrogen and oxygen atoms in total. The largest absolute Gasteiger partial charge is 0.465 e. The van der Waals surface area contributed by atoms with Crippen LogP contribution in [0.5, 0.6) is 0 Å². The second kappa shape index (κ2) is 64.9. The number of carbonyl (C=O) groups excluding carboxylic acids is 4. The lowest BCUT2D eigenvalue weighted by atomic mass is 9.83. The zero-order valence-corrected chi connectivity index (χ0v) is 86.2. The molecular weight excluding hydrogens is 1790 g/mol. The SMILES string of the molecule is C=COOCCCCCCCC1=C(CCCCCCCOOC=C)C2=NC1=Cc1ccc([nH]1)C(c1cccc(C3c4ccc([nH]4)C=C4N=C(CC5N=C(/C=C6/C=CC3N6)C(CCCCCCCOOC=C)=C5CC(=O)OCCCCCCC)C(CC(=O)OCCCCCCC)=C4CC(=O)OCCCCCCC)c1)C1C=C/C(=C/C3=NC(C2)C(CCCCCCCOOC=C)=C3CC(=O)OCCCCCCC)N1. The third-order valence-corrected chi connectivity index (χ3v) is 27.9. The average molecular weight is 1950 g/mol. The van der Waals surface area contributed by atoms with Crippen LogP contribution >= 0.6 is 0 Å². The van der Waals surface area contributed by atoms with Crippen molar-refractivity contribution in [1.29, 1.82) is 0 Å². The van der Waals surface area contributed by atoms with Gasteiger partial charge in [-0.05, 0) is 219 Å². The van der Waals surface area contributed by atoms with E-state index in [2.05, 4.69) is 166 Å². The molecule has 0 amide bonds. The highest BCUT2D eigenvalue weighted by atomic mass is 17.2. The summed E-state index contributed by atoms with van der Waals surface area (Å²) in [6.07, 6.45) is 65.9. The number of allylic oxidation sites excluding steroid dienone is 8. The molecule has 2 aromatic heterocycles. The molecule has 24 heteroatoms. The smallest absolute Gasteiger partial charge is 0.310 e. The van der Waals surface area contributed by atoms with Crippen LogP contribution < -0.4 is 10.6 Å². The number of ether oxygens (including phenoxy) is 4. The number of aromatic amines is 2. The molecule has 0 spiro atoms. The Morgan fingerprint density at radius 2 is 0.683 bits per heavy atom. The Bertz CT molecular complexity index is 4970. The van der Waals surface area contributed by atoms with Gasteiger partial charge in [0.2, 0.25) is 0 Å². The molecule has 0 aliphatic carbocycles. The van der Waals surface area contributed by atoms with Gasteiger partial charge in [0, 0.05) is 70.3 Å². The molecule has 4 N–H and O–H groups in total. The predicted molar refractivity (Wildman–Crippen MR) is 568 cm³/mol. The van der Waals surface area contributed by atoms with Crippen molar-refractivity contribution in [3.63, 3.8) is 0 Å². The van der Waals surface area contributed by atoms with Crippen LogP contribution in [0.25, 0.3) is 12.2 Å². The van der Waals surface area contributed by atoms with Crippen LogP contribution in [0.2, 0.25) is 0 Å². The van der Waals surface area contributed by atoms with E-state index in [0.717, 1.165) is 361 Å². The van der Waals surface area contributed by atoms with Crippen molar-refractivity contribution in [2.24, 2.45) is 20.0 Å². The highest BCUT2D eigenvalue weighted by Gasteiger charge is 2.40. The number of hydrogen-bond donors (Lipinski definition) is 4. The summed E-state index contributed by atoms with van der Waals surface area (Å²) >= 11 is 0. The number of nitrogens with zero attached hydrogens (tertiary/aromatic N) is 4. The van der Waals surface area contributed by atoms with Gasteiger partial charge in [-0.2, -0.15) is 19.6 Å². The number of nitrogens with one attached hydrogen (secondary N) is 4. The van der Waals surface area contributed by atoms with Gasteiger partial charge in [-0.25, -0.2) is 0 Å². The van der Waals surface area contributed by atoms with Gasteiger partial charge in [0.05, 0.1) is 126 Å². The zero-order valence-electron chi connectivity index (χ0n) is 86.2. The minimum Gasteiger partial charge on any atom is -0.465 e. The van der Waals surface area contributed by atoms with Gasteiger partial charge in [0.25, 0.3) is 0 Å². The van der Waals surface area contributed by atoms with Crippen molar-refractivity contribution in [1.82, 2.24) is 20.6 Å². The summed E-state index contributed by atoms with van der Waals surface area (Å²) in [6, 6.07) is 16.3. The van der Waals surface area contributed by atoms with E-state index in [1.54, 1.807) is 0 Å². The van der Waals surface area contributed by atoms with Crippen LogP contribution in [0.3, 0.4) is 0 Å². The third kappa shape index (κ3) is 37.2. The van der Waals surface area contributed by atoms with Crippen molar-refractivity contribution >= 4 is 58.9 Å². The summed E-state index contributed by atoms with van der Waals surface area (Å²) in [4.78, 5) is 131. The molecule has 142 heavy (non-hydrogen) atoms. The van der Waals surface area contributed by atoms with Crippen molar-refractivity contribution in [2.45, 2.75) is 385 Å².